The van der Waals surface area contributed by atoms with Crippen LogP contribution in [-0.4, -0.2) is 48.6 Å². The first-order chi connectivity index (χ1) is 10.9. The number of ether oxygens (including phenoxy) is 1. The third-order valence-corrected chi connectivity index (χ3v) is 3.47. The van der Waals surface area contributed by atoms with Gasteiger partial charge in [0.2, 0.25) is 5.91 Å². The van der Waals surface area contributed by atoms with Crippen molar-refractivity contribution in [2.75, 3.05) is 43.9 Å². The van der Waals surface area contributed by atoms with Gasteiger partial charge in [0.1, 0.15) is 5.82 Å². The van der Waals surface area contributed by atoms with E-state index < -0.39 is 11.7 Å². The molecule has 1 aromatic rings. The van der Waals surface area contributed by atoms with Crippen LogP contribution in [0, 0.1) is 0 Å². The summed E-state index contributed by atoms with van der Waals surface area (Å²) in [7, 11) is 0. The van der Waals surface area contributed by atoms with Gasteiger partial charge in [0, 0.05) is 31.9 Å². The van der Waals surface area contributed by atoms with Gasteiger partial charge < -0.3 is 20.7 Å². The van der Waals surface area contributed by atoms with E-state index in [9.17, 15) is 18.0 Å². The van der Waals surface area contributed by atoms with Gasteiger partial charge in [-0.25, -0.2) is 4.98 Å². The highest BCUT2D eigenvalue weighted by Crippen LogP contribution is 2.34. The Bertz CT molecular complexity index is 551. The molecule has 1 aromatic heterocycles. The number of rotatable bonds is 5. The fourth-order valence-corrected chi connectivity index (χ4v) is 2.29. The molecule has 6 nitrogen and oxygen atoms in total. The molecule has 1 aliphatic heterocycles. The quantitative estimate of drug-likeness (QED) is 0.803. The molecular weight excluding hydrogens is 313 g/mol. The highest BCUT2D eigenvalue weighted by Gasteiger charge is 2.34. The van der Waals surface area contributed by atoms with Crippen LogP contribution in [0.15, 0.2) is 12.3 Å². The number of hydrogen-bond donors (Lipinski definition) is 2. The van der Waals surface area contributed by atoms with Gasteiger partial charge >= 0.3 is 6.18 Å². The Balaban J connectivity index is 1.89. The van der Waals surface area contributed by atoms with E-state index in [-0.39, 0.29) is 24.0 Å². The number of carbonyl (C=O) groups excluding carboxylic acids is 1. The zero-order valence-corrected chi connectivity index (χ0v) is 12.5. The zero-order chi connectivity index (χ0) is 16.9. The van der Waals surface area contributed by atoms with E-state index in [0.29, 0.717) is 45.3 Å². The van der Waals surface area contributed by atoms with E-state index in [1.807, 2.05) is 0 Å². The molecule has 0 bridgehead atoms. The second-order valence-electron chi connectivity index (χ2n) is 5.18. The van der Waals surface area contributed by atoms with Gasteiger partial charge in [0.15, 0.2) is 0 Å². The number of alkyl halides is 3. The summed E-state index contributed by atoms with van der Waals surface area (Å²) in [4.78, 5) is 16.9. The van der Waals surface area contributed by atoms with Crippen molar-refractivity contribution >= 4 is 17.4 Å². The molecule has 1 aliphatic rings. The smallest absolute Gasteiger partial charge is 0.384 e. The second-order valence-corrected chi connectivity index (χ2v) is 5.18. The minimum atomic E-state index is -4.50. The van der Waals surface area contributed by atoms with Gasteiger partial charge in [-0.2, -0.15) is 13.2 Å². The van der Waals surface area contributed by atoms with Crippen molar-refractivity contribution in [2.24, 2.45) is 0 Å². The van der Waals surface area contributed by atoms with Crippen LogP contribution in [0.25, 0.3) is 0 Å². The van der Waals surface area contributed by atoms with Crippen molar-refractivity contribution in [3.63, 3.8) is 0 Å². The van der Waals surface area contributed by atoms with Crippen molar-refractivity contribution in [3.8, 4) is 0 Å². The fraction of sp³-hybridized carbons (Fsp3) is 0.571. The molecule has 0 aliphatic carbocycles. The van der Waals surface area contributed by atoms with Crippen LogP contribution in [-0.2, 0) is 15.7 Å². The fourth-order valence-electron chi connectivity index (χ4n) is 2.29. The monoisotopic (exact) mass is 332 g/mol. The third kappa shape index (κ3) is 4.98. The topological polar surface area (TPSA) is 80.5 Å². The molecule has 0 unspecified atom stereocenters. The zero-order valence-electron chi connectivity index (χ0n) is 12.5. The minimum Gasteiger partial charge on any atom is -0.384 e. The first-order valence-corrected chi connectivity index (χ1v) is 7.30. The van der Waals surface area contributed by atoms with Crippen LogP contribution in [0.5, 0.6) is 0 Å². The van der Waals surface area contributed by atoms with Crippen molar-refractivity contribution in [2.45, 2.75) is 19.0 Å². The number of halogens is 3. The standard InChI is InChI=1S/C14H19F3N4O2/c15-14(16,17)10-9-20-12(18)8-11(10)19-3-1-4-21-5-7-23-6-2-13(21)22/h8-9H,1-7H2,(H3,18,19,20). The molecule has 2 heterocycles. The lowest BCUT2D eigenvalue weighted by Gasteiger charge is -2.20. The summed E-state index contributed by atoms with van der Waals surface area (Å²) >= 11 is 0. The van der Waals surface area contributed by atoms with Crippen LogP contribution in [0.2, 0.25) is 0 Å². The number of carbonyl (C=O) groups is 1. The Morgan fingerprint density at radius 3 is 2.91 bits per heavy atom. The molecule has 1 fully saturated rings. The normalized spacial score (nSPS) is 16.3. The lowest BCUT2D eigenvalue weighted by Crippen LogP contribution is -2.33. The molecule has 128 valence electrons. The average molecular weight is 332 g/mol. The number of nitrogens with one attached hydrogen (secondary N) is 1. The maximum atomic E-state index is 12.9. The predicted octanol–water partition coefficient (Wildman–Crippen LogP) is 1.73. The van der Waals surface area contributed by atoms with Crippen LogP contribution in [0.4, 0.5) is 24.7 Å². The largest absolute Gasteiger partial charge is 0.419 e. The van der Waals surface area contributed by atoms with E-state index in [2.05, 4.69) is 10.3 Å². The summed E-state index contributed by atoms with van der Waals surface area (Å²) in [6.07, 6.45) is -2.92. The van der Waals surface area contributed by atoms with Gasteiger partial charge in [0.05, 0.1) is 30.9 Å². The molecule has 0 atom stereocenters. The van der Waals surface area contributed by atoms with Crippen LogP contribution < -0.4 is 11.1 Å². The lowest BCUT2D eigenvalue weighted by molar-refractivity contribution is -0.137. The summed E-state index contributed by atoms with van der Waals surface area (Å²) in [5.74, 6) is 0.0204. The Morgan fingerprint density at radius 2 is 2.17 bits per heavy atom. The second kappa shape index (κ2) is 7.49. The Hall–Kier alpha value is -2.03. The maximum absolute atomic E-state index is 12.9. The summed E-state index contributed by atoms with van der Waals surface area (Å²) in [6.45, 7) is 2.17. The molecule has 0 radical (unpaired) electrons. The first-order valence-electron chi connectivity index (χ1n) is 7.30. The highest BCUT2D eigenvalue weighted by atomic mass is 19.4. The molecule has 1 amide bonds. The van der Waals surface area contributed by atoms with Crippen LogP contribution in [0.3, 0.4) is 0 Å². The minimum absolute atomic E-state index is 0.00614. The molecular formula is C14H19F3N4O2. The van der Waals surface area contributed by atoms with Gasteiger partial charge in [-0.3, -0.25) is 4.79 Å². The lowest BCUT2D eigenvalue weighted by atomic mass is 10.2. The molecule has 2 rings (SSSR count). The molecule has 1 saturated heterocycles. The molecule has 0 saturated carbocycles. The molecule has 0 aromatic carbocycles. The first kappa shape index (κ1) is 17.3. The van der Waals surface area contributed by atoms with E-state index in [1.54, 1.807) is 4.90 Å². The summed E-state index contributed by atoms with van der Waals surface area (Å²) in [5, 5.41) is 2.72. The van der Waals surface area contributed by atoms with Gasteiger partial charge in [-0.1, -0.05) is 0 Å². The highest BCUT2D eigenvalue weighted by molar-refractivity contribution is 5.76. The van der Waals surface area contributed by atoms with Crippen molar-refractivity contribution in [1.29, 1.82) is 0 Å². The van der Waals surface area contributed by atoms with Gasteiger partial charge in [-0.15, -0.1) is 0 Å². The summed E-state index contributed by atoms with van der Waals surface area (Å²) in [6, 6.07) is 1.16. The summed E-state index contributed by atoms with van der Waals surface area (Å²) in [5.41, 5.74) is 4.49. The maximum Gasteiger partial charge on any atom is 0.419 e. The van der Waals surface area contributed by atoms with Crippen molar-refractivity contribution < 1.29 is 22.7 Å². The number of pyridine rings is 1. The number of amides is 1. The van der Waals surface area contributed by atoms with Crippen molar-refractivity contribution in [3.05, 3.63) is 17.8 Å². The van der Waals surface area contributed by atoms with Gasteiger partial charge in [0.25, 0.3) is 0 Å². The molecule has 23 heavy (non-hydrogen) atoms. The SMILES string of the molecule is Nc1cc(NCCCN2CCOCCC2=O)c(C(F)(F)F)cn1. The van der Waals surface area contributed by atoms with Gasteiger partial charge in [-0.05, 0) is 6.42 Å². The summed E-state index contributed by atoms with van der Waals surface area (Å²) < 4.78 is 43.9. The van der Waals surface area contributed by atoms with Crippen LogP contribution >= 0.6 is 0 Å². The molecule has 9 heteroatoms. The number of aromatic nitrogens is 1. The number of hydrogen-bond acceptors (Lipinski definition) is 5. The average Bonchev–Trinajstić information content (AvgIpc) is 2.67. The number of nitrogen functional groups attached to an aromatic ring is 1. The van der Waals surface area contributed by atoms with E-state index in [1.165, 1.54) is 0 Å². The van der Waals surface area contributed by atoms with Crippen molar-refractivity contribution in [1.82, 2.24) is 9.88 Å². The van der Waals surface area contributed by atoms with E-state index in [4.69, 9.17) is 10.5 Å². The molecule has 0 spiro atoms. The number of anilines is 2. The number of nitrogens with zero attached hydrogens (tertiary/aromatic N) is 2. The van der Waals surface area contributed by atoms with Crippen LogP contribution in [0.1, 0.15) is 18.4 Å². The predicted molar refractivity (Wildman–Crippen MR) is 78.8 cm³/mol. The van der Waals surface area contributed by atoms with E-state index in [0.717, 1.165) is 6.07 Å². The molecule has 3 N–H and O–H groups in total. The van der Waals surface area contributed by atoms with E-state index >= 15 is 0 Å². The number of nitrogens with two attached hydrogens (primary N) is 1. The third-order valence-electron chi connectivity index (χ3n) is 3.47. The Labute approximate surface area is 131 Å². The Kier molecular flexibility index (Phi) is 5.64. The Morgan fingerprint density at radius 1 is 1.39 bits per heavy atom.